The van der Waals surface area contributed by atoms with Gasteiger partial charge < -0.3 is 19.9 Å². The van der Waals surface area contributed by atoms with Crippen molar-refractivity contribution in [2.24, 2.45) is 0 Å². The molecule has 0 spiro atoms. The monoisotopic (exact) mass is 378 g/mol. The second kappa shape index (κ2) is 21.8. The van der Waals surface area contributed by atoms with Crippen molar-refractivity contribution in [3.63, 3.8) is 0 Å². The topological polar surface area (TPSA) is 118 Å². The summed E-state index contributed by atoms with van der Waals surface area (Å²) in [7, 11) is -4.17. The molecule has 0 aromatic carbocycles. The minimum Gasteiger partial charge on any atom is -0.748 e. The second-order valence-electron chi connectivity index (χ2n) is 5.79. The Morgan fingerprint density at radius 2 is 1.29 bits per heavy atom. The van der Waals surface area contributed by atoms with Gasteiger partial charge in [-0.15, -0.1) is 0 Å². The molecule has 0 bridgehead atoms. The van der Waals surface area contributed by atoms with E-state index in [-0.39, 0.29) is 36.2 Å². The number of unbranched alkanes of at least 4 members (excludes halogenated alkanes) is 9. The first-order valence-corrected chi connectivity index (χ1v) is 10.3. The molecule has 0 amide bonds. The normalized spacial score (nSPS) is 12.0. The van der Waals surface area contributed by atoms with Crippen molar-refractivity contribution in [2.75, 3.05) is 19.0 Å². The fourth-order valence-electron chi connectivity index (χ4n) is 2.07. The van der Waals surface area contributed by atoms with Gasteiger partial charge >= 0.3 is 29.6 Å². The molecule has 0 saturated carbocycles. The van der Waals surface area contributed by atoms with Crippen LogP contribution in [0.25, 0.3) is 0 Å². The molecule has 6 nitrogen and oxygen atoms in total. The predicted octanol–water partition coefficient (Wildman–Crippen LogP) is -0.821. The Balaban J connectivity index is -0.000000468. The van der Waals surface area contributed by atoms with Gasteiger partial charge in [0.15, 0.2) is 0 Å². The molecule has 0 aliphatic rings. The Bertz CT molecular complexity index is 325. The molecule has 142 valence electrons. The van der Waals surface area contributed by atoms with E-state index in [1.165, 1.54) is 57.8 Å². The van der Waals surface area contributed by atoms with E-state index in [0.717, 1.165) is 12.8 Å². The molecule has 1 unspecified atom stereocenters. The van der Waals surface area contributed by atoms with E-state index >= 15 is 0 Å². The molecule has 0 aromatic heterocycles. The van der Waals surface area contributed by atoms with Crippen LogP contribution < -0.4 is 29.6 Å². The number of hydrogen-bond acceptors (Lipinski definition) is 6. The van der Waals surface area contributed by atoms with Gasteiger partial charge in [-0.2, -0.15) is 0 Å². The SMILES string of the molecule is CCCCCCCCCCCCC(O)CO.O=S(=O)([O-])CCO.[Na+]. The predicted molar refractivity (Wildman–Crippen MR) is 91.2 cm³/mol. The van der Waals surface area contributed by atoms with Gasteiger partial charge in [-0.05, 0) is 6.42 Å². The van der Waals surface area contributed by atoms with Crippen LogP contribution in [0.2, 0.25) is 0 Å². The van der Waals surface area contributed by atoms with Gasteiger partial charge in [0.1, 0.15) is 0 Å². The van der Waals surface area contributed by atoms with E-state index < -0.39 is 28.6 Å². The molecule has 0 saturated heterocycles. The number of rotatable bonds is 14. The summed E-state index contributed by atoms with van der Waals surface area (Å²) in [5.41, 5.74) is 0. The molecule has 0 fully saturated rings. The molecule has 0 heterocycles. The standard InChI is InChI=1S/C14H30O2.C2H6O4S.Na/c1-2-3-4-5-6-7-8-9-10-11-12-14(16)13-15;3-1-2-7(4,5)6;/h14-16H,2-13H2,1H3;3H,1-2H2,(H,4,5,6);/q;;+1/p-1. The van der Waals surface area contributed by atoms with Gasteiger partial charge in [0.05, 0.1) is 35.2 Å². The zero-order valence-electron chi connectivity index (χ0n) is 15.5. The van der Waals surface area contributed by atoms with Crippen molar-refractivity contribution in [2.45, 2.75) is 83.7 Å². The molecule has 24 heavy (non-hydrogen) atoms. The molecular formula is C16H35NaO6S. The van der Waals surface area contributed by atoms with E-state index in [2.05, 4.69) is 6.92 Å². The minimum atomic E-state index is -4.17. The Labute approximate surface area is 170 Å². The Hall–Kier alpha value is 0.790. The van der Waals surface area contributed by atoms with E-state index in [1.54, 1.807) is 0 Å². The first-order chi connectivity index (χ1) is 10.9. The van der Waals surface area contributed by atoms with Crippen molar-refractivity contribution in [3.8, 4) is 0 Å². The van der Waals surface area contributed by atoms with Crippen LogP contribution in [0.4, 0.5) is 0 Å². The first-order valence-electron chi connectivity index (χ1n) is 8.70. The van der Waals surface area contributed by atoms with Crippen LogP contribution in [0, 0.1) is 0 Å². The largest absolute Gasteiger partial charge is 1.00 e. The van der Waals surface area contributed by atoms with Gasteiger partial charge in [-0.1, -0.05) is 71.1 Å². The smallest absolute Gasteiger partial charge is 0.748 e. The van der Waals surface area contributed by atoms with Crippen LogP contribution in [-0.4, -0.2) is 53.4 Å². The third kappa shape index (κ3) is 30.6. The first kappa shape index (κ1) is 29.5. The van der Waals surface area contributed by atoms with Crippen LogP contribution in [0.5, 0.6) is 0 Å². The van der Waals surface area contributed by atoms with Crippen molar-refractivity contribution >= 4 is 10.1 Å². The molecule has 0 rings (SSSR count). The van der Waals surface area contributed by atoms with Gasteiger partial charge in [-0.3, -0.25) is 0 Å². The summed E-state index contributed by atoms with van der Waals surface area (Å²) in [4.78, 5) is 0. The average molecular weight is 379 g/mol. The maximum Gasteiger partial charge on any atom is 1.00 e. The Morgan fingerprint density at radius 1 is 0.875 bits per heavy atom. The van der Waals surface area contributed by atoms with E-state index in [9.17, 15) is 13.0 Å². The van der Waals surface area contributed by atoms with Crippen molar-refractivity contribution < 1.29 is 57.8 Å². The molecule has 0 aliphatic carbocycles. The van der Waals surface area contributed by atoms with Gasteiger partial charge in [-0.25, -0.2) is 8.42 Å². The summed E-state index contributed by atoms with van der Waals surface area (Å²) < 4.78 is 28.5. The quantitative estimate of drug-likeness (QED) is 0.206. The zero-order valence-corrected chi connectivity index (χ0v) is 18.3. The van der Waals surface area contributed by atoms with Crippen LogP contribution in [0.3, 0.4) is 0 Å². The minimum absolute atomic E-state index is 0. The van der Waals surface area contributed by atoms with Crippen LogP contribution in [-0.2, 0) is 10.1 Å². The van der Waals surface area contributed by atoms with Gasteiger partial charge in [0.2, 0.25) is 0 Å². The average Bonchev–Trinajstić information content (AvgIpc) is 2.48. The summed E-state index contributed by atoms with van der Waals surface area (Å²) in [6, 6.07) is 0. The summed E-state index contributed by atoms with van der Waals surface area (Å²) in [6.45, 7) is 1.57. The second-order valence-corrected chi connectivity index (χ2v) is 7.32. The van der Waals surface area contributed by atoms with Crippen molar-refractivity contribution in [1.82, 2.24) is 0 Å². The third-order valence-electron chi connectivity index (χ3n) is 3.44. The van der Waals surface area contributed by atoms with Crippen LogP contribution in [0.15, 0.2) is 0 Å². The molecular weight excluding hydrogens is 343 g/mol. The van der Waals surface area contributed by atoms with Crippen molar-refractivity contribution in [1.29, 1.82) is 0 Å². The van der Waals surface area contributed by atoms with Crippen LogP contribution >= 0.6 is 0 Å². The van der Waals surface area contributed by atoms with E-state index in [0.29, 0.717) is 0 Å². The summed E-state index contributed by atoms with van der Waals surface area (Å²) in [5, 5.41) is 25.6. The fraction of sp³-hybridized carbons (Fsp3) is 1.00. The number of aliphatic hydroxyl groups excluding tert-OH is 3. The van der Waals surface area contributed by atoms with Crippen molar-refractivity contribution in [3.05, 3.63) is 0 Å². The Morgan fingerprint density at radius 3 is 1.58 bits per heavy atom. The molecule has 1 atom stereocenters. The summed E-state index contributed by atoms with van der Waals surface area (Å²) in [6.07, 6.45) is 13.4. The number of hydrogen-bond donors (Lipinski definition) is 3. The maximum absolute atomic E-state index is 9.52. The molecule has 0 aliphatic heterocycles. The van der Waals surface area contributed by atoms with Crippen LogP contribution in [0.1, 0.15) is 77.6 Å². The summed E-state index contributed by atoms with van der Waals surface area (Å²) >= 11 is 0. The molecule has 3 N–H and O–H groups in total. The molecule has 0 radical (unpaired) electrons. The third-order valence-corrected chi connectivity index (χ3v) is 4.13. The number of aliphatic hydroxyl groups is 3. The summed E-state index contributed by atoms with van der Waals surface area (Å²) in [5.74, 6) is -0.688. The Kier molecular flexibility index (Phi) is 26.9. The zero-order chi connectivity index (χ0) is 18.0. The van der Waals surface area contributed by atoms with Gasteiger partial charge in [0, 0.05) is 0 Å². The molecule has 0 aromatic rings. The fourth-order valence-corrected chi connectivity index (χ4v) is 2.29. The van der Waals surface area contributed by atoms with Gasteiger partial charge in [0.25, 0.3) is 0 Å². The maximum atomic E-state index is 9.52. The van der Waals surface area contributed by atoms with E-state index in [1.807, 2.05) is 0 Å². The molecule has 8 heteroatoms. The van der Waals surface area contributed by atoms with E-state index in [4.69, 9.17) is 15.3 Å².